The zero-order valence-corrected chi connectivity index (χ0v) is 10.7. The third kappa shape index (κ3) is 2.47. The van der Waals surface area contributed by atoms with Crippen LogP contribution in [0.3, 0.4) is 0 Å². The molecule has 0 atom stereocenters. The van der Waals surface area contributed by atoms with E-state index in [-0.39, 0.29) is 11.6 Å². The van der Waals surface area contributed by atoms with Gasteiger partial charge in [0, 0.05) is 17.7 Å². The van der Waals surface area contributed by atoms with Crippen molar-refractivity contribution in [2.24, 2.45) is 7.05 Å². The second-order valence-corrected chi connectivity index (χ2v) is 4.40. The molecule has 0 radical (unpaired) electrons. The van der Waals surface area contributed by atoms with E-state index in [0.717, 1.165) is 4.47 Å². The number of aryl methyl sites for hydroxylation is 1. The number of carbonyl (C=O) groups is 1. The first-order chi connectivity index (χ1) is 8.08. The Kier molecular flexibility index (Phi) is 3.14. The third-order valence-corrected chi connectivity index (χ3v) is 2.89. The molecule has 2 rings (SSSR count). The maximum absolute atomic E-state index is 11.9. The van der Waals surface area contributed by atoms with Crippen molar-refractivity contribution in [3.63, 3.8) is 0 Å². The van der Waals surface area contributed by atoms with Gasteiger partial charge in [0.05, 0.1) is 11.4 Å². The molecule has 0 aliphatic heterocycles. The van der Waals surface area contributed by atoms with E-state index in [2.05, 4.69) is 26.3 Å². The van der Waals surface area contributed by atoms with Gasteiger partial charge >= 0.3 is 0 Å². The van der Waals surface area contributed by atoms with E-state index in [1.807, 2.05) is 18.2 Å². The summed E-state index contributed by atoms with van der Waals surface area (Å²) in [7, 11) is 1.71. The van der Waals surface area contributed by atoms with Gasteiger partial charge in [0.1, 0.15) is 0 Å². The Hall–Kier alpha value is -1.82. The number of hydrogen-bond donors (Lipinski definition) is 2. The Morgan fingerprint density at radius 2 is 2.18 bits per heavy atom. The Balaban J connectivity index is 2.23. The molecule has 1 heterocycles. The van der Waals surface area contributed by atoms with Gasteiger partial charge in [-0.3, -0.25) is 9.48 Å². The molecule has 2 aromatic rings. The third-order valence-electron chi connectivity index (χ3n) is 2.19. The van der Waals surface area contributed by atoms with Crippen molar-refractivity contribution < 1.29 is 4.79 Å². The van der Waals surface area contributed by atoms with E-state index in [1.165, 1.54) is 4.68 Å². The number of amides is 1. The number of carbonyl (C=O) groups excluding carboxylic acids is 1. The lowest BCUT2D eigenvalue weighted by molar-refractivity contribution is 0.102. The molecule has 88 valence electrons. The van der Waals surface area contributed by atoms with Crippen molar-refractivity contribution in [3.8, 4) is 0 Å². The first kappa shape index (κ1) is 11.7. The molecule has 0 bridgehead atoms. The molecule has 0 aliphatic rings. The van der Waals surface area contributed by atoms with Crippen molar-refractivity contribution in [3.05, 3.63) is 40.6 Å². The minimum absolute atomic E-state index is 0.225. The fourth-order valence-electron chi connectivity index (χ4n) is 1.43. The van der Waals surface area contributed by atoms with Crippen LogP contribution in [0, 0.1) is 0 Å². The van der Waals surface area contributed by atoms with E-state index in [4.69, 9.17) is 5.73 Å². The molecule has 6 heteroatoms. The van der Waals surface area contributed by atoms with Crippen molar-refractivity contribution >= 4 is 33.2 Å². The Morgan fingerprint density at radius 3 is 2.76 bits per heavy atom. The monoisotopic (exact) mass is 294 g/mol. The molecule has 17 heavy (non-hydrogen) atoms. The predicted octanol–water partition coefficient (Wildman–Crippen LogP) is 2.02. The topological polar surface area (TPSA) is 72.9 Å². The van der Waals surface area contributed by atoms with Crippen molar-refractivity contribution in [1.82, 2.24) is 9.78 Å². The molecule has 0 saturated heterocycles. The van der Waals surface area contributed by atoms with Gasteiger partial charge in [-0.2, -0.15) is 5.10 Å². The van der Waals surface area contributed by atoms with Gasteiger partial charge in [0.15, 0.2) is 5.69 Å². The van der Waals surface area contributed by atoms with Gasteiger partial charge in [-0.25, -0.2) is 0 Å². The van der Waals surface area contributed by atoms with Crippen LogP contribution in [0.4, 0.5) is 11.4 Å². The van der Waals surface area contributed by atoms with Crippen LogP contribution in [0.2, 0.25) is 0 Å². The highest BCUT2D eigenvalue weighted by Crippen LogP contribution is 2.22. The normalized spacial score (nSPS) is 10.2. The van der Waals surface area contributed by atoms with Gasteiger partial charge in [-0.15, -0.1) is 0 Å². The number of benzene rings is 1. The minimum atomic E-state index is -0.324. The van der Waals surface area contributed by atoms with Gasteiger partial charge in [0.25, 0.3) is 5.91 Å². The molecule has 1 amide bonds. The standard InChI is InChI=1S/C11H11BrN4O/c1-16-6-8(13)10(15-16)11(17)14-9-5-3-2-4-7(9)12/h2-6H,13H2,1H3,(H,14,17). The molecule has 1 aromatic heterocycles. The Bertz CT molecular complexity index is 564. The fraction of sp³-hybridized carbons (Fsp3) is 0.0909. The first-order valence-electron chi connectivity index (χ1n) is 4.93. The largest absolute Gasteiger partial charge is 0.396 e. The number of nitrogens with two attached hydrogens (primary N) is 1. The lowest BCUT2D eigenvalue weighted by Gasteiger charge is -2.05. The lowest BCUT2D eigenvalue weighted by atomic mass is 10.3. The highest BCUT2D eigenvalue weighted by atomic mass is 79.9. The summed E-state index contributed by atoms with van der Waals surface area (Å²) in [5.41, 5.74) is 6.94. The zero-order chi connectivity index (χ0) is 12.4. The smallest absolute Gasteiger partial charge is 0.278 e. The molecule has 0 spiro atoms. The van der Waals surface area contributed by atoms with Crippen LogP contribution in [0.15, 0.2) is 34.9 Å². The molecule has 1 aromatic carbocycles. The summed E-state index contributed by atoms with van der Waals surface area (Å²) in [5.74, 6) is -0.324. The van der Waals surface area contributed by atoms with E-state index < -0.39 is 0 Å². The number of rotatable bonds is 2. The molecule has 3 N–H and O–H groups in total. The summed E-state index contributed by atoms with van der Waals surface area (Å²) in [4.78, 5) is 11.9. The van der Waals surface area contributed by atoms with Gasteiger partial charge < -0.3 is 11.1 Å². The van der Waals surface area contributed by atoms with Crippen molar-refractivity contribution in [1.29, 1.82) is 0 Å². The number of anilines is 2. The van der Waals surface area contributed by atoms with Crippen LogP contribution in [-0.4, -0.2) is 15.7 Å². The maximum Gasteiger partial charge on any atom is 0.278 e. The average Bonchev–Trinajstić information content (AvgIpc) is 2.61. The molecule has 0 unspecified atom stereocenters. The molecule has 0 fully saturated rings. The van der Waals surface area contributed by atoms with E-state index in [0.29, 0.717) is 11.4 Å². The summed E-state index contributed by atoms with van der Waals surface area (Å²) in [5, 5.41) is 6.74. The number of aromatic nitrogens is 2. The fourth-order valence-corrected chi connectivity index (χ4v) is 1.81. The number of nitrogens with one attached hydrogen (secondary N) is 1. The summed E-state index contributed by atoms with van der Waals surface area (Å²) in [6.45, 7) is 0. The van der Waals surface area contributed by atoms with Crippen LogP contribution in [-0.2, 0) is 7.05 Å². The second kappa shape index (κ2) is 4.58. The molecule has 0 saturated carbocycles. The second-order valence-electron chi connectivity index (χ2n) is 3.54. The number of nitrogen functional groups attached to an aromatic ring is 1. The summed E-state index contributed by atoms with van der Waals surface area (Å²) in [6.07, 6.45) is 1.59. The van der Waals surface area contributed by atoms with E-state index in [1.54, 1.807) is 19.3 Å². The highest BCUT2D eigenvalue weighted by Gasteiger charge is 2.14. The summed E-state index contributed by atoms with van der Waals surface area (Å²) < 4.78 is 2.31. The molecule has 0 aliphatic carbocycles. The summed E-state index contributed by atoms with van der Waals surface area (Å²) >= 11 is 3.35. The van der Waals surface area contributed by atoms with Gasteiger partial charge in [-0.1, -0.05) is 12.1 Å². The molecular weight excluding hydrogens is 284 g/mol. The lowest BCUT2D eigenvalue weighted by Crippen LogP contribution is -2.14. The zero-order valence-electron chi connectivity index (χ0n) is 9.14. The Morgan fingerprint density at radius 1 is 1.47 bits per heavy atom. The SMILES string of the molecule is Cn1cc(N)c(C(=O)Nc2ccccc2Br)n1. The first-order valence-corrected chi connectivity index (χ1v) is 5.72. The van der Waals surface area contributed by atoms with Crippen LogP contribution in [0.1, 0.15) is 10.5 Å². The van der Waals surface area contributed by atoms with Crippen molar-refractivity contribution in [2.75, 3.05) is 11.1 Å². The number of halogens is 1. The highest BCUT2D eigenvalue weighted by molar-refractivity contribution is 9.10. The number of hydrogen-bond acceptors (Lipinski definition) is 3. The number of nitrogens with zero attached hydrogens (tertiary/aromatic N) is 2. The van der Waals surface area contributed by atoms with Gasteiger partial charge in [0.2, 0.25) is 0 Å². The minimum Gasteiger partial charge on any atom is -0.396 e. The maximum atomic E-state index is 11.9. The van der Waals surface area contributed by atoms with Crippen LogP contribution in [0.25, 0.3) is 0 Å². The average molecular weight is 295 g/mol. The van der Waals surface area contributed by atoms with E-state index >= 15 is 0 Å². The quantitative estimate of drug-likeness (QED) is 0.890. The van der Waals surface area contributed by atoms with Crippen LogP contribution >= 0.6 is 15.9 Å². The number of para-hydroxylation sites is 1. The Labute approximate surface area is 107 Å². The van der Waals surface area contributed by atoms with Crippen molar-refractivity contribution in [2.45, 2.75) is 0 Å². The van der Waals surface area contributed by atoms with Gasteiger partial charge in [-0.05, 0) is 28.1 Å². The molecule has 5 nitrogen and oxygen atoms in total. The predicted molar refractivity (Wildman–Crippen MR) is 69.7 cm³/mol. The van der Waals surface area contributed by atoms with Crippen LogP contribution < -0.4 is 11.1 Å². The molecular formula is C11H11BrN4O. The van der Waals surface area contributed by atoms with E-state index in [9.17, 15) is 4.79 Å². The summed E-state index contributed by atoms with van der Waals surface area (Å²) in [6, 6.07) is 7.34. The van der Waals surface area contributed by atoms with Crippen LogP contribution in [0.5, 0.6) is 0 Å².